The second-order valence-corrected chi connectivity index (χ2v) is 8.83. The van der Waals surface area contributed by atoms with E-state index >= 15 is 0 Å². The van der Waals surface area contributed by atoms with E-state index in [4.69, 9.17) is 4.52 Å². The lowest BCUT2D eigenvalue weighted by molar-refractivity contribution is -0.142. The van der Waals surface area contributed by atoms with E-state index in [1.54, 1.807) is 13.0 Å². The molecule has 0 radical (unpaired) electrons. The van der Waals surface area contributed by atoms with Gasteiger partial charge in [0.25, 0.3) is 5.91 Å². The van der Waals surface area contributed by atoms with Gasteiger partial charge in [-0.1, -0.05) is 30.8 Å². The lowest BCUT2D eigenvalue weighted by atomic mass is 9.74. The molecule has 2 amide bonds. The molecular formula is C21H31N3O3. The first-order valence-corrected chi connectivity index (χ1v) is 10.6. The second kappa shape index (κ2) is 7.64. The van der Waals surface area contributed by atoms with E-state index in [0.717, 1.165) is 32.2 Å². The van der Waals surface area contributed by atoms with Crippen molar-refractivity contribution in [3.05, 3.63) is 17.5 Å². The molecule has 0 bridgehead atoms. The number of piperidine rings is 1. The van der Waals surface area contributed by atoms with Gasteiger partial charge in [-0.2, -0.15) is 0 Å². The van der Waals surface area contributed by atoms with Crippen LogP contribution in [-0.4, -0.2) is 41.0 Å². The summed E-state index contributed by atoms with van der Waals surface area (Å²) in [6, 6.07) is 1.94. The monoisotopic (exact) mass is 373 g/mol. The standard InChI is InChI=1S/C21H31N3O3/c1-15-12-17(23-27-15)20(26)22-14-21-10-5-8-18(21)24(19(25)9-11-21)13-16-6-3-2-4-7-16/h12,16,18H,2-11,13-14H2,1H3,(H,22,26). The number of nitrogens with zero attached hydrogens (tertiary/aromatic N) is 2. The van der Waals surface area contributed by atoms with Gasteiger partial charge in [0.15, 0.2) is 5.69 Å². The Morgan fingerprint density at radius 2 is 2.07 bits per heavy atom. The number of rotatable bonds is 5. The molecule has 6 heteroatoms. The zero-order valence-corrected chi connectivity index (χ0v) is 16.3. The van der Waals surface area contributed by atoms with Gasteiger partial charge in [-0.3, -0.25) is 9.59 Å². The molecular weight excluding hydrogens is 342 g/mol. The number of aryl methyl sites for hydroxylation is 1. The Morgan fingerprint density at radius 1 is 1.26 bits per heavy atom. The fraction of sp³-hybridized carbons (Fsp3) is 0.762. The summed E-state index contributed by atoms with van der Waals surface area (Å²) in [6.07, 6.45) is 11.2. The van der Waals surface area contributed by atoms with Crippen molar-refractivity contribution in [2.45, 2.75) is 77.2 Å². The molecule has 4 rings (SSSR count). The van der Waals surface area contributed by atoms with Crippen molar-refractivity contribution < 1.29 is 14.1 Å². The number of carbonyl (C=O) groups excluding carboxylic acids is 2. The Labute approximate surface area is 161 Å². The maximum absolute atomic E-state index is 12.7. The summed E-state index contributed by atoms with van der Waals surface area (Å²) < 4.78 is 5.01. The van der Waals surface area contributed by atoms with Crippen LogP contribution in [0.25, 0.3) is 0 Å². The summed E-state index contributed by atoms with van der Waals surface area (Å²) in [5.41, 5.74) is 0.362. The third-order valence-electron chi connectivity index (χ3n) is 7.03. The molecule has 1 saturated heterocycles. The molecule has 2 aliphatic carbocycles. The molecule has 1 aromatic heterocycles. The molecule has 3 fully saturated rings. The second-order valence-electron chi connectivity index (χ2n) is 8.83. The number of carbonyl (C=O) groups is 2. The Hall–Kier alpha value is -1.85. The molecule has 3 aliphatic rings. The highest BCUT2D eigenvalue weighted by atomic mass is 16.5. The minimum absolute atomic E-state index is 0.0248. The highest BCUT2D eigenvalue weighted by Gasteiger charge is 2.50. The van der Waals surface area contributed by atoms with E-state index in [0.29, 0.717) is 36.2 Å². The van der Waals surface area contributed by atoms with Crippen molar-refractivity contribution in [3.8, 4) is 0 Å². The Bertz CT molecular complexity index is 695. The van der Waals surface area contributed by atoms with Crippen LogP contribution in [0.15, 0.2) is 10.6 Å². The van der Waals surface area contributed by atoms with Gasteiger partial charge in [-0.05, 0) is 44.9 Å². The lowest BCUT2D eigenvalue weighted by Gasteiger charge is -2.47. The van der Waals surface area contributed by atoms with Gasteiger partial charge in [0.1, 0.15) is 5.76 Å². The normalized spacial score (nSPS) is 29.0. The van der Waals surface area contributed by atoms with Gasteiger partial charge in [0, 0.05) is 37.0 Å². The van der Waals surface area contributed by atoms with Gasteiger partial charge in [-0.15, -0.1) is 0 Å². The molecule has 2 heterocycles. The fourth-order valence-electron chi connectivity index (χ4n) is 5.56. The van der Waals surface area contributed by atoms with Crippen LogP contribution >= 0.6 is 0 Å². The molecule has 0 aromatic carbocycles. The molecule has 148 valence electrons. The number of amides is 2. The predicted molar refractivity (Wildman–Crippen MR) is 101 cm³/mol. The quantitative estimate of drug-likeness (QED) is 0.858. The molecule has 1 aromatic rings. The molecule has 2 atom stereocenters. The summed E-state index contributed by atoms with van der Waals surface area (Å²) in [4.78, 5) is 27.4. The summed E-state index contributed by atoms with van der Waals surface area (Å²) >= 11 is 0. The van der Waals surface area contributed by atoms with E-state index in [9.17, 15) is 9.59 Å². The first-order valence-electron chi connectivity index (χ1n) is 10.6. The van der Waals surface area contributed by atoms with Gasteiger partial charge >= 0.3 is 0 Å². The van der Waals surface area contributed by atoms with Crippen LogP contribution in [-0.2, 0) is 4.79 Å². The highest BCUT2D eigenvalue weighted by molar-refractivity contribution is 5.92. The zero-order chi connectivity index (χ0) is 18.9. The number of likely N-dealkylation sites (tertiary alicyclic amines) is 1. The van der Waals surface area contributed by atoms with Crippen LogP contribution < -0.4 is 5.32 Å². The molecule has 2 unspecified atom stereocenters. The van der Waals surface area contributed by atoms with Crippen molar-refractivity contribution >= 4 is 11.8 Å². The summed E-state index contributed by atoms with van der Waals surface area (Å²) in [6.45, 7) is 3.32. The average molecular weight is 373 g/mol. The van der Waals surface area contributed by atoms with Crippen LogP contribution in [0.2, 0.25) is 0 Å². The first-order chi connectivity index (χ1) is 13.1. The van der Waals surface area contributed by atoms with Gasteiger partial charge in [-0.25, -0.2) is 0 Å². The van der Waals surface area contributed by atoms with Crippen LogP contribution in [0.1, 0.15) is 80.5 Å². The number of nitrogens with one attached hydrogen (secondary N) is 1. The highest BCUT2D eigenvalue weighted by Crippen LogP contribution is 2.48. The molecule has 27 heavy (non-hydrogen) atoms. The maximum atomic E-state index is 12.7. The van der Waals surface area contributed by atoms with Crippen LogP contribution in [0.3, 0.4) is 0 Å². The molecule has 6 nitrogen and oxygen atoms in total. The van der Waals surface area contributed by atoms with E-state index in [1.165, 1.54) is 32.1 Å². The molecule has 1 N–H and O–H groups in total. The Balaban J connectivity index is 1.44. The number of aromatic nitrogens is 1. The van der Waals surface area contributed by atoms with E-state index in [2.05, 4.69) is 15.4 Å². The minimum Gasteiger partial charge on any atom is -0.361 e. The van der Waals surface area contributed by atoms with E-state index in [-0.39, 0.29) is 17.4 Å². The SMILES string of the molecule is Cc1cc(C(=O)NCC23CCCC2N(CC2CCCCC2)C(=O)CC3)no1. The molecule has 0 spiro atoms. The average Bonchev–Trinajstić information content (AvgIpc) is 3.30. The van der Waals surface area contributed by atoms with E-state index < -0.39 is 0 Å². The zero-order valence-electron chi connectivity index (χ0n) is 16.3. The summed E-state index contributed by atoms with van der Waals surface area (Å²) in [5.74, 6) is 1.44. The van der Waals surface area contributed by atoms with Gasteiger partial charge in [0.05, 0.1) is 0 Å². The number of hydrogen-bond donors (Lipinski definition) is 1. The largest absolute Gasteiger partial charge is 0.361 e. The third-order valence-corrected chi connectivity index (χ3v) is 7.03. The lowest BCUT2D eigenvalue weighted by Crippen LogP contribution is -2.57. The smallest absolute Gasteiger partial charge is 0.273 e. The van der Waals surface area contributed by atoms with Crippen molar-refractivity contribution in [3.63, 3.8) is 0 Å². The van der Waals surface area contributed by atoms with Crippen LogP contribution in [0, 0.1) is 18.3 Å². The van der Waals surface area contributed by atoms with E-state index in [1.807, 2.05) is 0 Å². The van der Waals surface area contributed by atoms with Crippen molar-refractivity contribution in [1.82, 2.24) is 15.4 Å². The van der Waals surface area contributed by atoms with Gasteiger partial charge in [0.2, 0.25) is 5.91 Å². The van der Waals surface area contributed by atoms with Crippen LogP contribution in [0.5, 0.6) is 0 Å². The minimum atomic E-state index is -0.178. The summed E-state index contributed by atoms with van der Waals surface area (Å²) in [7, 11) is 0. The maximum Gasteiger partial charge on any atom is 0.273 e. The predicted octanol–water partition coefficient (Wildman–Crippen LogP) is 3.45. The summed E-state index contributed by atoms with van der Waals surface area (Å²) in [5, 5.41) is 6.90. The third kappa shape index (κ3) is 3.76. The molecule has 2 saturated carbocycles. The Kier molecular flexibility index (Phi) is 5.24. The number of hydrogen-bond acceptors (Lipinski definition) is 4. The topological polar surface area (TPSA) is 75.4 Å². The fourth-order valence-corrected chi connectivity index (χ4v) is 5.56. The van der Waals surface area contributed by atoms with Crippen molar-refractivity contribution in [1.29, 1.82) is 0 Å². The van der Waals surface area contributed by atoms with Crippen molar-refractivity contribution in [2.75, 3.05) is 13.1 Å². The van der Waals surface area contributed by atoms with Gasteiger partial charge < -0.3 is 14.7 Å². The number of fused-ring (bicyclic) bond motifs is 1. The van der Waals surface area contributed by atoms with Crippen molar-refractivity contribution in [2.24, 2.45) is 11.3 Å². The first kappa shape index (κ1) is 18.5. The molecule has 1 aliphatic heterocycles. The Morgan fingerprint density at radius 3 is 2.81 bits per heavy atom. The van der Waals surface area contributed by atoms with Crippen LogP contribution in [0.4, 0.5) is 0 Å².